The molecule has 0 aliphatic heterocycles. The van der Waals surface area contributed by atoms with E-state index in [-0.39, 0.29) is 23.6 Å². The summed E-state index contributed by atoms with van der Waals surface area (Å²) in [6, 6.07) is 4.24. The Bertz CT molecular complexity index is 842. The standard InChI is InChI=1S/C26H41N3O4S/c1-7-29(24(31)20(16-34)28-25(32)33-26(4,5)6)22(21-17(2)12-11-13-18(21)3)23(30)27-19-14-9-8-10-15-19/h11-13,19-20,22,34H,7-10,14-16H2,1-6H3,(H,27,30)(H,28,32). The van der Waals surface area contributed by atoms with Crippen LogP contribution in [0.25, 0.3) is 0 Å². The maximum absolute atomic E-state index is 13.7. The highest BCUT2D eigenvalue weighted by Gasteiger charge is 2.37. The van der Waals surface area contributed by atoms with Gasteiger partial charge in [0.1, 0.15) is 17.7 Å². The molecule has 1 aromatic carbocycles. The second-order valence-corrected chi connectivity index (χ2v) is 10.4. The quantitative estimate of drug-likeness (QED) is 0.469. The van der Waals surface area contributed by atoms with Crippen molar-refractivity contribution in [2.75, 3.05) is 12.3 Å². The van der Waals surface area contributed by atoms with Crippen LogP contribution in [0.1, 0.15) is 82.5 Å². The van der Waals surface area contributed by atoms with Crippen molar-refractivity contribution in [3.8, 4) is 0 Å². The van der Waals surface area contributed by atoms with Crippen molar-refractivity contribution >= 4 is 30.5 Å². The normalized spacial score (nSPS) is 16.3. The van der Waals surface area contributed by atoms with Gasteiger partial charge >= 0.3 is 6.09 Å². The van der Waals surface area contributed by atoms with Gasteiger partial charge in [0.2, 0.25) is 11.8 Å². The Kier molecular flexibility index (Phi) is 10.3. The third-order valence-corrected chi connectivity index (χ3v) is 6.49. The number of nitrogens with one attached hydrogen (secondary N) is 2. The molecule has 0 spiro atoms. The maximum atomic E-state index is 13.7. The van der Waals surface area contributed by atoms with Crippen LogP contribution >= 0.6 is 12.6 Å². The number of ether oxygens (including phenoxy) is 1. The number of carbonyl (C=O) groups excluding carboxylic acids is 3. The molecule has 1 saturated carbocycles. The summed E-state index contributed by atoms with van der Waals surface area (Å²) in [5, 5.41) is 5.84. The summed E-state index contributed by atoms with van der Waals surface area (Å²) in [7, 11) is 0. The zero-order chi connectivity index (χ0) is 25.5. The van der Waals surface area contributed by atoms with Crippen molar-refractivity contribution in [3.05, 3.63) is 34.9 Å². The molecule has 1 aliphatic carbocycles. The minimum Gasteiger partial charge on any atom is -0.444 e. The van der Waals surface area contributed by atoms with Gasteiger partial charge in [-0.15, -0.1) is 0 Å². The molecule has 0 bridgehead atoms. The lowest BCUT2D eigenvalue weighted by Crippen LogP contribution is -2.54. The Labute approximate surface area is 209 Å². The number of hydrogen-bond acceptors (Lipinski definition) is 5. The minimum atomic E-state index is -0.924. The summed E-state index contributed by atoms with van der Waals surface area (Å²) in [4.78, 5) is 41.3. The van der Waals surface area contributed by atoms with Crippen LogP contribution < -0.4 is 10.6 Å². The van der Waals surface area contributed by atoms with Crippen LogP contribution in [0.5, 0.6) is 0 Å². The van der Waals surface area contributed by atoms with Crippen LogP contribution in [-0.4, -0.2) is 52.8 Å². The number of likely N-dealkylation sites (N-methyl/N-ethyl adjacent to an activating group) is 1. The molecule has 1 fully saturated rings. The predicted octanol–water partition coefficient (Wildman–Crippen LogP) is 4.47. The first-order valence-electron chi connectivity index (χ1n) is 12.3. The first kappa shape index (κ1) is 28.0. The molecular weight excluding hydrogens is 450 g/mol. The molecule has 2 N–H and O–H groups in total. The Morgan fingerprint density at radius 1 is 1.12 bits per heavy atom. The average molecular weight is 492 g/mol. The first-order chi connectivity index (χ1) is 16.0. The lowest BCUT2D eigenvalue weighted by atomic mass is 9.92. The van der Waals surface area contributed by atoms with E-state index in [1.807, 2.05) is 39.0 Å². The number of amides is 3. The van der Waals surface area contributed by atoms with Gasteiger partial charge in [0.05, 0.1) is 0 Å². The summed E-state index contributed by atoms with van der Waals surface area (Å²) >= 11 is 4.31. The van der Waals surface area contributed by atoms with Gasteiger partial charge in [0, 0.05) is 18.3 Å². The van der Waals surface area contributed by atoms with Crippen molar-refractivity contribution in [1.82, 2.24) is 15.5 Å². The lowest BCUT2D eigenvalue weighted by molar-refractivity contribution is -0.142. The van der Waals surface area contributed by atoms with E-state index < -0.39 is 23.8 Å². The molecule has 2 rings (SSSR count). The topological polar surface area (TPSA) is 87.7 Å². The van der Waals surface area contributed by atoms with Crippen LogP contribution in [0.4, 0.5) is 4.79 Å². The van der Waals surface area contributed by atoms with E-state index in [2.05, 4.69) is 23.3 Å². The van der Waals surface area contributed by atoms with Crippen molar-refractivity contribution in [1.29, 1.82) is 0 Å². The van der Waals surface area contributed by atoms with Crippen LogP contribution in [-0.2, 0) is 14.3 Å². The van der Waals surface area contributed by atoms with E-state index >= 15 is 0 Å². The Morgan fingerprint density at radius 3 is 2.21 bits per heavy atom. The molecule has 0 aromatic heterocycles. The fourth-order valence-corrected chi connectivity index (χ4v) is 4.76. The maximum Gasteiger partial charge on any atom is 0.408 e. The highest BCUT2D eigenvalue weighted by molar-refractivity contribution is 7.80. The molecule has 2 unspecified atom stereocenters. The molecule has 7 nitrogen and oxygen atoms in total. The number of rotatable bonds is 8. The van der Waals surface area contributed by atoms with Gasteiger partial charge in [-0.25, -0.2) is 4.79 Å². The van der Waals surface area contributed by atoms with Crippen LogP contribution in [0, 0.1) is 13.8 Å². The fraction of sp³-hybridized carbons (Fsp3) is 0.654. The number of thiol groups is 1. The van der Waals surface area contributed by atoms with Crippen molar-refractivity contribution < 1.29 is 19.1 Å². The molecule has 3 amide bonds. The molecule has 1 aliphatic rings. The zero-order valence-corrected chi connectivity index (χ0v) is 22.3. The number of carbonyl (C=O) groups is 3. The summed E-state index contributed by atoms with van der Waals surface area (Å²) in [6.07, 6.45) is 4.58. The van der Waals surface area contributed by atoms with E-state index in [9.17, 15) is 14.4 Å². The second-order valence-electron chi connectivity index (χ2n) is 10.1. The Balaban J connectivity index is 2.38. The van der Waals surface area contributed by atoms with Gasteiger partial charge in [-0.05, 0) is 71.1 Å². The first-order valence-corrected chi connectivity index (χ1v) is 12.9. The molecule has 1 aromatic rings. The van der Waals surface area contributed by atoms with E-state index in [0.29, 0.717) is 6.54 Å². The summed E-state index contributed by atoms with van der Waals surface area (Å²) in [6.45, 7) is 11.3. The number of hydrogen-bond donors (Lipinski definition) is 3. The summed E-state index contributed by atoms with van der Waals surface area (Å²) in [5.41, 5.74) is 2.01. The Hall–Kier alpha value is -2.22. The molecular formula is C26H41N3O4S. The van der Waals surface area contributed by atoms with Gasteiger partial charge in [0.15, 0.2) is 0 Å². The lowest BCUT2D eigenvalue weighted by Gasteiger charge is -2.36. The van der Waals surface area contributed by atoms with E-state index in [0.717, 1.165) is 42.4 Å². The monoisotopic (exact) mass is 491 g/mol. The van der Waals surface area contributed by atoms with E-state index in [1.54, 1.807) is 25.7 Å². The second kappa shape index (κ2) is 12.5. The van der Waals surface area contributed by atoms with Crippen LogP contribution in [0.2, 0.25) is 0 Å². The largest absolute Gasteiger partial charge is 0.444 e. The van der Waals surface area contributed by atoms with Crippen molar-refractivity contribution in [2.24, 2.45) is 0 Å². The van der Waals surface area contributed by atoms with Crippen LogP contribution in [0.15, 0.2) is 18.2 Å². The molecule has 34 heavy (non-hydrogen) atoms. The number of benzene rings is 1. The number of aryl methyl sites for hydroxylation is 2. The van der Waals surface area contributed by atoms with Gasteiger partial charge in [0.25, 0.3) is 0 Å². The molecule has 0 radical (unpaired) electrons. The zero-order valence-electron chi connectivity index (χ0n) is 21.4. The SMILES string of the molecule is CCN(C(=O)C(CS)NC(=O)OC(C)(C)C)C(C(=O)NC1CCCCC1)c1c(C)cccc1C. The fourth-order valence-electron chi connectivity index (χ4n) is 4.52. The van der Waals surface area contributed by atoms with Gasteiger partial charge in [-0.1, -0.05) is 37.5 Å². The molecule has 190 valence electrons. The Morgan fingerprint density at radius 2 is 1.71 bits per heavy atom. The highest BCUT2D eigenvalue weighted by atomic mass is 32.1. The van der Waals surface area contributed by atoms with E-state index in [1.165, 1.54) is 6.42 Å². The summed E-state index contributed by atoms with van der Waals surface area (Å²) < 4.78 is 5.33. The van der Waals surface area contributed by atoms with Gasteiger partial charge in [-0.3, -0.25) is 9.59 Å². The van der Waals surface area contributed by atoms with Crippen molar-refractivity contribution in [3.63, 3.8) is 0 Å². The smallest absolute Gasteiger partial charge is 0.408 e. The third-order valence-electron chi connectivity index (χ3n) is 6.12. The van der Waals surface area contributed by atoms with Crippen molar-refractivity contribution in [2.45, 2.75) is 97.4 Å². The molecule has 0 saturated heterocycles. The van der Waals surface area contributed by atoms with Crippen LogP contribution in [0.3, 0.4) is 0 Å². The molecule has 8 heteroatoms. The molecule has 2 atom stereocenters. The van der Waals surface area contributed by atoms with Gasteiger partial charge in [-0.2, -0.15) is 12.6 Å². The minimum absolute atomic E-state index is 0.0816. The number of nitrogens with zero attached hydrogens (tertiary/aromatic N) is 1. The predicted molar refractivity (Wildman–Crippen MR) is 138 cm³/mol. The summed E-state index contributed by atoms with van der Waals surface area (Å²) in [5.74, 6) is -0.470. The highest BCUT2D eigenvalue weighted by Crippen LogP contribution is 2.29. The third kappa shape index (κ3) is 7.65. The molecule has 0 heterocycles. The average Bonchev–Trinajstić information content (AvgIpc) is 2.75. The van der Waals surface area contributed by atoms with Gasteiger partial charge < -0.3 is 20.3 Å². The number of alkyl carbamates (subject to hydrolysis) is 1. The van der Waals surface area contributed by atoms with E-state index in [4.69, 9.17) is 4.74 Å².